The number of alkyl halides is 3. The summed E-state index contributed by atoms with van der Waals surface area (Å²) in [4.78, 5) is 17.6. The lowest BCUT2D eigenvalue weighted by Crippen LogP contribution is -2.13. The van der Waals surface area contributed by atoms with Crippen molar-refractivity contribution in [2.75, 3.05) is 7.11 Å². The van der Waals surface area contributed by atoms with E-state index >= 15 is 0 Å². The normalized spacial score (nSPS) is 10.3. The summed E-state index contributed by atoms with van der Waals surface area (Å²) in [6.45, 7) is 1.59. The molecule has 4 aromatic rings. The number of halogens is 6. The fraction of sp³-hybridized carbons (Fsp3) is 0.192. The Labute approximate surface area is 224 Å². The molecule has 5 N–H and O–H groups in total. The summed E-state index contributed by atoms with van der Waals surface area (Å²) >= 11 is 0. The van der Waals surface area contributed by atoms with Gasteiger partial charge in [0.25, 0.3) is 0 Å². The molecular weight excluding hydrogens is 546 g/mol. The topological polar surface area (TPSA) is 134 Å². The molecule has 0 bridgehead atoms. The molecule has 14 heteroatoms. The largest absolute Gasteiger partial charge is 0.506 e. The van der Waals surface area contributed by atoms with Gasteiger partial charge >= 0.3 is 6.18 Å². The number of aromatic nitrogens is 2. The summed E-state index contributed by atoms with van der Waals surface area (Å²) in [5.74, 6) is -2.64. The van der Waals surface area contributed by atoms with Crippen LogP contribution >= 0.6 is 0 Å². The van der Waals surface area contributed by atoms with Crippen LogP contribution in [0.25, 0.3) is 22.4 Å². The van der Waals surface area contributed by atoms with Crippen molar-refractivity contribution >= 4 is 17.3 Å². The number of fused-ring (bicyclic) bond motifs is 1. The maximum absolute atomic E-state index is 12.8. The molecule has 8 nitrogen and oxygen atoms in total. The zero-order valence-electron chi connectivity index (χ0n) is 21.1. The molecule has 0 spiro atoms. The van der Waals surface area contributed by atoms with E-state index in [1.165, 1.54) is 18.2 Å². The van der Waals surface area contributed by atoms with Crippen molar-refractivity contribution in [3.63, 3.8) is 0 Å². The van der Waals surface area contributed by atoms with Crippen LogP contribution < -0.4 is 11.1 Å². The molecule has 1 amide bonds. The Bertz CT molecular complexity index is 1430. The summed E-state index contributed by atoms with van der Waals surface area (Å²) in [6, 6.07) is 5.98. The monoisotopic (exact) mass is 570 g/mol. The molecular formula is C26H24F6N4O4. The second-order valence-electron chi connectivity index (χ2n) is 7.30. The minimum Gasteiger partial charge on any atom is -0.506 e. The van der Waals surface area contributed by atoms with E-state index in [4.69, 9.17) is 15.3 Å². The first kappa shape index (κ1) is 33.4. The molecule has 2 aromatic heterocycles. The van der Waals surface area contributed by atoms with Crippen LogP contribution in [0, 0.1) is 37.2 Å². The van der Waals surface area contributed by atoms with Gasteiger partial charge in [0.15, 0.2) is 0 Å². The van der Waals surface area contributed by atoms with Gasteiger partial charge in [-0.2, -0.15) is 13.2 Å². The quantitative estimate of drug-likeness (QED) is 0.157. The number of oxazole rings is 1. The minimum absolute atomic E-state index is 0.158. The Morgan fingerprint density at radius 2 is 1.65 bits per heavy atom. The lowest BCUT2D eigenvalue weighted by molar-refractivity contribution is -0.141. The van der Waals surface area contributed by atoms with E-state index < -0.39 is 29.3 Å². The number of phenolic OH excluding ortho intramolecular Hbond substituents is 1. The van der Waals surface area contributed by atoms with Gasteiger partial charge in [0.05, 0.1) is 12.2 Å². The molecule has 0 unspecified atom stereocenters. The fourth-order valence-corrected chi connectivity index (χ4v) is 3.16. The maximum atomic E-state index is 12.8. The van der Waals surface area contributed by atoms with Gasteiger partial charge < -0.3 is 25.7 Å². The van der Waals surface area contributed by atoms with Crippen molar-refractivity contribution in [2.45, 2.75) is 26.2 Å². The fourth-order valence-electron chi connectivity index (χ4n) is 3.16. The van der Waals surface area contributed by atoms with Crippen LogP contribution in [0.2, 0.25) is 0 Å². The number of phenols is 1. The highest BCUT2D eigenvalue weighted by molar-refractivity contribution is 5.96. The predicted octanol–water partition coefficient (Wildman–Crippen LogP) is 4.59. The average molecular weight is 570 g/mol. The summed E-state index contributed by atoms with van der Waals surface area (Å²) in [5, 5.41) is 19.2. The number of aliphatic hydroxyl groups excluding tert-OH is 1. The standard InChI is InChI=1S/C15H12F3N3O2.C8H6F3NO.C2H2.CH4O/c1-7-11(6-19)23-14(20-7)9-2-4-10(22)13-8(9)3-5-12(21-13)15(16,17)18;9-5-1-7(10)6(3-12-4-13)8(11)2-5;2*1-2/h2-5,22H,6,19H2,1H3;1-2,4H,3H2,(H,12,13);1-2H;2H,1H3. The minimum atomic E-state index is -4.59. The van der Waals surface area contributed by atoms with Gasteiger partial charge in [-0.3, -0.25) is 4.79 Å². The molecule has 0 saturated carbocycles. The van der Waals surface area contributed by atoms with Crippen molar-refractivity contribution in [3.05, 3.63) is 76.6 Å². The van der Waals surface area contributed by atoms with Gasteiger partial charge in [-0.05, 0) is 31.2 Å². The highest BCUT2D eigenvalue weighted by Gasteiger charge is 2.33. The first-order valence-electron chi connectivity index (χ1n) is 10.9. The Hall–Kier alpha value is -4.61. The van der Waals surface area contributed by atoms with E-state index in [0.29, 0.717) is 40.9 Å². The summed E-state index contributed by atoms with van der Waals surface area (Å²) in [7, 11) is 1.00. The third kappa shape index (κ3) is 8.19. The van der Waals surface area contributed by atoms with Crippen LogP contribution in [0.4, 0.5) is 26.3 Å². The van der Waals surface area contributed by atoms with Crippen molar-refractivity contribution in [1.82, 2.24) is 15.3 Å². The number of nitrogens with zero attached hydrogens (tertiary/aromatic N) is 2. The maximum Gasteiger partial charge on any atom is 0.433 e. The molecule has 0 aliphatic carbocycles. The van der Waals surface area contributed by atoms with E-state index in [1.54, 1.807) is 6.92 Å². The molecule has 0 aliphatic rings. The number of rotatable bonds is 5. The lowest BCUT2D eigenvalue weighted by atomic mass is 10.1. The van der Waals surface area contributed by atoms with Crippen LogP contribution in [-0.2, 0) is 24.1 Å². The van der Waals surface area contributed by atoms with E-state index in [-0.39, 0.29) is 35.8 Å². The Kier molecular flexibility index (Phi) is 12.6. The number of terminal acetylenes is 1. The Morgan fingerprint density at radius 3 is 2.15 bits per heavy atom. The molecule has 214 valence electrons. The Morgan fingerprint density at radius 1 is 1.05 bits per heavy atom. The first-order valence-corrected chi connectivity index (χ1v) is 10.9. The number of carbonyl (C=O) groups excluding carboxylic acids is 1. The molecule has 2 heterocycles. The van der Waals surface area contributed by atoms with Crippen molar-refractivity contribution in [1.29, 1.82) is 0 Å². The van der Waals surface area contributed by atoms with Gasteiger partial charge in [0.1, 0.15) is 40.2 Å². The smallest absolute Gasteiger partial charge is 0.433 e. The molecule has 0 atom stereocenters. The molecule has 4 rings (SSSR count). The Balaban J connectivity index is 0.000000401. The third-order valence-electron chi connectivity index (χ3n) is 4.90. The zero-order valence-corrected chi connectivity index (χ0v) is 21.1. The van der Waals surface area contributed by atoms with Gasteiger partial charge in [-0.1, -0.05) is 0 Å². The highest BCUT2D eigenvalue weighted by atomic mass is 19.4. The van der Waals surface area contributed by atoms with Gasteiger partial charge in [0.2, 0.25) is 12.3 Å². The molecule has 40 heavy (non-hydrogen) atoms. The number of amides is 1. The number of pyridine rings is 1. The van der Waals surface area contributed by atoms with Crippen molar-refractivity contribution in [2.24, 2.45) is 5.73 Å². The summed E-state index contributed by atoms with van der Waals surface area (Å²) in [6.07, 6.45) is 3.71. The number of nitrogens with one attached hydrogen (secondary N) is 1. The van der Waals surface area contributed by atoms with E-state index in [0.717, 1.165) is 13.2 Å². The van der Waals surface area contributed by atoms with Crippen LogP contribution in [0.3, 0.4) is 0 Å². The molecule has 0 aliphatic heterocycles. The number of benzene rings is 2. The number of nitrogens with two attached hydrogens (primary N) is 1. The number of hydrogen-bond donors (Lipinski definition) is 4. The average Bonchev–Trinajstić information content (AvgIpc) is 3.30. The number of hydrogen-bond acceptors (Lipinski definition) is 7. The molecule has 0 saturated heterocycles. The van der Waals surface area contributed by atoms with Gasteiger partial charge in [0, 0.05) is 42.3 Å². The molecule has 0 fully saturated rings. The van der Waals surface area contributed by atoms with Crippen LogP contribution in [0.15, 0.2) is 40.8 Å². The third-order valence-corrected chi connectivity index (χ3v) is 4.90. The number of carbonyl (C=O) groups is 1. The predicted molar refractivity (Wildman–Crippen MR) is 134 cm³/mol. The van der Waals surface area contributed by atoms with Gasteiger partial charge in [-0.15, -0.1) is 12.8 Å². The first-order chi connectivity index (χ1) is 19.0. The van der Waals surface area contributed by atoms with E-state index in [1.807, 2.05) is 0 Å². The summed E-state index contributed by atoms with van der Waals surface area (Å²) < 4.78 is 81.8. The van der Waals surface area contributed by atoms with Crippen LogP contribution in [-0.4, -0.2) is 33.7 Å². The SMILES string of the molecule is C#C.CO.Cc1nc(-c2ccc(O)c3nc(C(F)(F)F)ccc23)oc1CN.O=CNCc1c(F)cc(F)cc1F. The highest BCUT2D eigenvalue weighted by Crippen LogP contribution is 2.36. The van der Waals surface area contributed by atoms with Gasteiger partial charge in [-0.25, -0.2) is 23.1 Å². The summed E-state index contributed by atoms with van der Waals surface area (Å²) in [5.41, 5.74) is 4.97. The number of aromatic hydroxyl groups is 1. The van der Waals surface area contributed by atoms with Crippen LogP contribution in [0.5, 0.6) is 5.75 Å². The van der Waals surface area contributed by atoms with E-state index in [9.17, 15) is 36.2 Å². The zero-order chi connectivity index (χ0) is 30.6. The molecule has 0 radical (unpaired) electrons. The molecule has 2 aromatic carbocycles. The second kappa shape index (κ2) is 15.1. The number of aryl methyl sites for hydroxylation is 1. The number of aliphatic hydroxyl groups is 1. The van der Waals surface area contributed by atoms with Crippen LogP contribution in [0.1, 0.15) is 22.7 Å². The van der Waals surface area contributed by atoms with E-state index in [2.05, 4.69) is 28.1 Å². The lowest BCUT2D eigenvalue weighted by Gasteiger charge is -2.09. The second-order valence-corrected chi connectivity index (χ2v) is 7.30. The van der Waals surface area contributed by atoms with Crippen molar-refractivity contribution in [3.8, 4) is 30.1 Å². The van der Waals surface area contributed by atoms with Crippen molar-refractivity contribution < 1.29 is 45.8 Å².